The minimum atomic E-state index is 0.188. The summed E-state index contributed by atoms with van der Waals surface area (Å²) in [6.45, 7) is 2.04. The third-order valence-electron chi connectivity index (χ3n) is 3.93. The maximum atomic E-state index is 12.4. The first-order valence-electron chi connectivity index (χ1n) is 7.24. The molecule has 1 amide bonds. The number of amides is 1. The second kappa shape index (κ2) is 7.09. The number of carbonyl (C=O) groups is 1. The fourth-order valence-corrected chi connectivity index (χ4v) is 3.06. The Morgan fingerprint density at radius 1 is 1.16 bits per heavy atom. The van der Waals surface area contributed by atoms with E-state index in [1.807, 2.05) is 25.1 Å². The topological polar surface area (TPSA) is 29.1 Å². The molecule has 0 aliphatic heterocycles. The van der Waals surface area contributed by atoms with E-state index in [4.69, 9.17) is 0 Å². The van der Waals surface area contributed by atoms with Crippen molar-refractivity contribution >= 4 is 27.5 Å². The molecule has 1 aromatic rings. The summed E-state index contributed by atoms with van der Waals surface area (Å²) in [4.78, 5) is 12.4. The van der Waals surface area contributed by atoms with E-state index in [0.29, 0.717) is 0 Å². The number of aryl methyl sites for hydroxylation is 1. The third kappa shape index (κ3) is 4.07. The fourth-order valence-electron chi connectivity index (χ4n) is 2.70. The van der Waals surface area contributed by atoms with E-state index >= 15 is 0 Å². The van der Waals surface area contributed by atoms with Crippen LogP contribution < -0.4 is 5.32 Å². The number of benzene rings is 1. The SMILES string of the molecule is Cc1cccc(NC(=O)C2CCCCCCC2)c1Br. The highest BCUT2D eigenvalue weighted by Gasteiger charge is 2.20. The molecule has 1 aliphatic carbocycles. The molecule has 104 valence electrons. The Bertz CT molecular complexity index is 436. The Morgan fingerprint density at radius 2 is 1.79 bits per heavy atom. The maximum absolute atomic E-state index is 12.4. The second-order valence-electron chi connectivity index (χ2n) is 5.47. The molecule has 2 rings (SSSR count). The van der Waals surface area contributed by atoms with Gasteiger partial charge in [-0.2, -0.15) is 0 Å². The van der Waals surface area contributed by atoms with Crippen molar-refractivity contribution < 1.29 is 4.79 Å². The lowest BCUT2D eigenvalue weighted by atomic mass is 9.90. The monoisotopic (exact) mass is 323 g/mol. The highest BCUT2D eigenvalue weighted by molar-refractivity contribution is 9.10. The first kappa shape index (κ1) is 14.6. The van der Waals surface area contributed by atoms with E-state index in [1.54, 1.807) is 0 Å². The lowest BCUT2D eigenvalue weighted by Gasteiger charge is -2.19. The molecule has 0 unspecified atom stereocenters. The zero-order valence-corrected chi connectivity index (χ0v) is 13.1. The van der Waals surface area contributed by atoms with E-state index in [9.17, 15) is 4.79 Å². The van der Waals surface area contributed by atoms with Crippen molar-refractivity contribution in [1.82, 2.24) is 0 Å². The van der Waals surface area contributed by atoms with Gasteiger partial charge in [-0.3, -0.25) is 4.79 Å². The Balaban J connectivity index is 2.01. The molecule has 0 bridgehead atoms. The van der Waals surface area contributed by atoms with Crippen LogP contribution in [0.1, 0.15) is 50.5 Å². The number of hydrogen-bond donors (Lipinski definition) is 1. The minimum absolute atomic E-state index is 0.188. The summed E-state index contributed by atoms with van der Waals surface area (Å²) in [5.41, 5.74) is 2.04. The normalized spacial score (nSPS) is 17.6. The predicted molar refractivity (Wildman–Crippen MR) is 83.3 cm³/mol. The van der Waals surface area contributed by atoms with Crippen molar-refractivity contribution in [3.63, 3.8) is 0 Å². The van der Waals surface area contributed by atoms with Gasteiger partial charge in [0.25, 0.3) is 0 Å². The Kier molecular flexibility index (Phi) is 5.44. The van der Waals surface area contributed by atoms with Gasteiger partial charge in [-0.25, -0.2) is 0 Å². The van der Waals surface area contributed by atoms with Crippen LogP contribution in [-0.2, 0) is 4.79 Å². The van der Waals surface area contributed by atoms with Crippen molar-refractivity contribution in [2.45, 2.75) is 51.9 Å². The lowest BCUT2D eigenvalue weighted by Crippen LogP contribution is -2.23. The molecule has 2 nitrogen and oxygen atoms in total. The molecule has 1 saturated carbocycles. The Labute approximate surface area is 124 Å². The molecule has 1 aromatic carbocycles. The molecule has 0 atom stereocenters. The number of carbonyl (C=O) groups excluding carboxylic acids is 1. The Morgan fingerprint density at radius 3 is 2.47 bits per heavy atom. The van der Waals surface area contributed by atoms with Crippen LogP contribution in [0.4, 0.5) is 5.69 Å². The minimum Gasteiger partial charge on any atom is -0.325 e. The molecule has 1 fully saturated rings. The molecular weight excluding hydrogens is 302 g/mol. The molecule has 0 radical (unpaired) electrons. The van der Waals surface area contributed by atoms with Crippen molar-refractivity contribution in [3.05, 3.63) is 28.2 Å². The number of halogens is 1. The zero-order chi connectivity index (χ0) is 13.7. The van der Waals surface area contributed by atoms with Gasteiger partial charge in [0.1, 0.15) is 0 Å². The summed E-state index contributed by atoms with van der Waals surface area (Å²) in [6.07, 6.45) is 8.33. The van der Waals surface area contributed by atoms with E-state index in [1.165, 1.54) is 32.1 Å². The summed E-state index contributed by atoms with van der Waals surface area (Å²) >= 11 is 3.55. The van der Waals surface area contributed by atoms with Crippen molar-refractivity contribution in [2.24, 2.45) is 5.92 Å². The smallest absolute Gasteiger partial charge is 0.227 e. The number of rotatable bonds is 2. The third-order valence-corrected chi connectivity index (χ3v) is 4.98. The molecule has 0 saturated heterocycles. The van der Waals surface area contributed by atoms with E-state index in [-0.39, 0.29) is 11.8 Å². The lowest BCUT2D eigenvalue weighted by molar-refractivity contribution is -0.120. The van der Waals surface area contributed by atoms with Crippen LogP contribution in [0.15, 0.2) is 22.7 Å². The highest BCUT2D eigenvalue weighted by atomic mass is 79.9. The summed E-state index contributed by atoms with van der Waals surface area (Å²) in [5, 5.41) is 3.08. The van der Waals surface area contributed by atoms with Crippen LogP contribution in [0.5, 0.6) is 0 Å². The molecule has 1 aliphatic rings. The average Bonchev–Trinajstić information content (AvgIpc) is 2.34. The molecule has 1 N–H and O–H groups in total. The summed E-state index contributed by atoms with van der Waals surface area (Å²) in [6, 6.07) is 5.97. The zero-order valence-electron chi connectivity index (χ0n) is 11.5. The van der Waals surface area contributed by atoms with Crippen LogP contribution in [0.2, 0.25) is 0 Å². The fraction of sp³-hybridized carbons (Fsp3) is 0.562. The van der Waals surface area contributed by atoms with Gasteiger partial charge in [0.05, 0.1) is 5.69 Å². The summed E-state index contributed by atoms with van der Waals surface area (Å²) < 4.78 is 0.995. The molecule has 3 heteroatoms. The highest BCUT2D eigenvalue weighted by Crippen LogP contribution is 2.28. The van der Waals surface area contributed by atoms with E-state index in [2.05, 4.69) is 21.2 Å². The first-order valence-corrected chi connectivity index (χ1v) is 8.04. The van der Waals surface area contributed by atoms with Crippen LogP contribution in [0.25, 0.3) is 0 Å². The first-order chi connectivity index (χ1) is 9.18. The number of hydrogen-bond acceptors (Lipinski definition) is 1. The van der Waals surface area contributed by atoms with Crippen LogP contribution in [0.3, 0.4) is 0 Å². The van der Waals surface area contributed by atoms with E-state index < -0.39 is 0 Å². The maximum Gasteiger partial charge on any atom is 0.227 e. The molecule has 0 aromatic heterocycles. The molecule has 0 spiro atoms. The van der Waals surface area contributed by atoms with Gasteiger partial charge in [0.2, 0.25) is 5.91 Å². The van der Waals surface area contributed by atoms with Gasteiger partial charge in [0, 0.05) is 10.4 Å². The van der Waals surface area contributed by atoms with Gasteiger partial charge in [-0.1, -0.05) is 44.2 Å². The van der Waals surface area contributed by atoms with E-state index in [0.717, 1.165) is 28.6 Å². The number of nitrogens with one attached hydrogen (secondary N) is 1. The average molecular weight is 324 g/mol. The van der Waals surface area contributed by atoms with Crippen molar-refractivity contribution in [2.75, 3.05) is 5.32 Å². The van der Waals surface area contributed by atoms with Crippen molar-refractivity contribution in [3.8, 4) is 0 Å². The van der Waals surface area contributed by atoms with Gasteiger partial charge < -0.3 is 5.32 Å². The van der Waals surface area contributed by atoms with Crippen LogP contribution >= 0.6 is 15.9 Å². The van der Waals surface area contributed by atoms with Gasteiger partial charge in [-0.05, 0) is 47.3 Å². The summed E-state index contributed by atoms with van der Waals surface area (Å²) in [5.74, 6) is 0.376. The quantitative estimate of drug-likeness (QED) is 0.810. The summed E-state index contributed by atoms with van der Waals surface area (Å²) in [7, 11) is 0. The largest absolute Gasteiger partial charge is 0.325 e. The molecule has 19 heavy (non-hydrogen) atoms. The second-order valence-corrected chi connectivity index (χ2v) is 6.26. The van der Waals surface area contributed by atoms with Gasteiger partial charge in [0.15, 0.2) is 0 Å². The number of anilines is 1. The molecule has 0 heterocycles. The standard InChI is InChI=1S/C16H22BrNO/c1-12-8-7-11-14(15(12)17)18-16(19)13-9-5-3-2-4-6-10-13/h7-8,11,13H,2-6,9-10H2,1H3,(H,18,19). The van der Waals surface area contributed by atoms with Gasteiger partial charge in [-0.15, -0.1) is 0 Å². The molecular formula is C16H22BrNO. The van der Waals surface area contributed by atoms with Crippen LogP contribution in [-0.4, -0.2) is 5.91 Å². The van der Waals surface area contributed by atoms with Gasteiger partial charge >= 0.3 is 0 Å². The van der Waals surface area contributed by atoms with Crippen LogP contribution in [0, 0.1) is 12.8 Å². The Hall–Kier alpha value is -0.830. The van der Waals surface area contributed by atoms with Crippen molar-refractivity contribution in [1.29, 1.82) is 0 Å². The predicted octanol–water partition coefficient (Wildman–Crippen LogP) is 5.06.